The van der Waals surface area contributed by atoms with Crippen LogP contribution in [-0.4, -0.2) is 39.2 Å². The lowest BCUT2D eigenvalue weighted by atomic mass is 9.64. The highest BCUT2D eigenvalue weighted by Gasteiger charge is 2.48. The van der Waals surface area contributed by atoms with Crippen LogP contribution >= 0.6 is 0 Å². The number of rotatable bonds is 4. The minimum absolute atomic E-state index is 0.0548. The van der Waals surface area contributed by atoms with Crippen molar-refractivity contribution in [2.24, 2.45) is 5.41 Å². The van der Waals surface area contributed by atoms with E-state index < -0.39 is 11.0 Å². The van der Waals surface area contributed by atoms with Crippen molar-refractivity contribution in [2.45, 2.75) is 32.4 Å². The number of aliphatic hydroxyl groups is 1. The van der Waals surface area contributed by atoms with Gasteiger partial charge < -0.3 is 15.7 Å². The van der Waals surface area contributed by atoms with Crippen molar-refractivity contribution in [1.29, 1.82) is 0 Å². The lowest BCUT2D eigenvalue weighted by molar-refractivity contribution is -0.384. The predicted molar refractivity (Wildman–Crippen MR) is 70.0 cm³/mol. The van der Waals surface area contributed by atoms with Gasteiger partial charge in [-0.15, -0.1) is 0 Å². The second-order valence-corrected chi connectivity index (χ2v) is 5.20. The van der Waals surface area contributed by atoms with E-state index in [-0.39, 0.29) is 23.0 Å². The van der Waals surface area contributed by atoms with Crippen molar-refractivity contribution < 1.29 is 10.0 Å². The molecule has 1 aromatic rings. The fourth-order valence-electron chi connectivity index (χ4n) is 2.05. The molecule has 1 saturated carbocycles. The molecule has 19 heavy (non-hydrogen) atoms. The largest absolute Gasteiger partial charge is 0.392 e. The van der Waals surface area contributed by atoms with E-state index in [0.717, 1.165) is 0 Å². The average molecular weight is 267 g/mol. The van der Waals surface area contributed by atoms with Gasteiger partial charge in [0.2, 0.25) is 11.8 Å². The first-order chi connectivity index (χ1) is 8.86. The van der Waals surface area contributed by atoms with Crippen molar-refractivity contribution in [2.75, 3.05) is 17.7 Å². The normalized spacial score (nSPS) is 24.4. The lowest BCUT2D eigenvalue weighted by Crippen LogP contribution is -2.57. The van der Waals surface area contributed by atoms with Gasteiger partial charge in [-0.2, -0.15) is 4.98 Å². The summed E-state index contributed by atoms with van der Waals surface area (Å²) in [5.74, 6) is 0.486. The predicted octanol–water partition coefficient (Wildman–Crippen LogP) is 0.998. The van der Waals surface area contributed by atoms with Crippen LogP contribution in [0.2, 0.25) is 0 Å². The highest BCUT2D eigenvalue weighted by atomic mass is 16.6. The first-order valence-corrected chi connectivity index (χ1v) is 6.00. The third-order valence-corrected chi connectivity index (χ3v) is 3.72. The molecule has 0 aliphatic heterocycles. The Labute approximate surface area is 110 Å². The molecule has 1 aromatic heterocycles. The second kappa shape index (κ2) is 4.61. The van der Waals surface area contributed by atoms with Crippen molar-refractivity contribution in [3.8, 4) is 0 Å². The Balaban J connectivity index is 2.26. The monoisotopic (exact) mass is 267 g/mol. The molecule has 2 rings (SSSR count). The SMILES string of the molecule is CNc1ncc([N+](=O)[O-])c(NC2CC(O)C2(C)C)n1. The Bertz CT molecular complexity index is 505. The summed E-state index contributed by atoms with van der Waals surface area (Å²) < 4.78 is 0. The molecular weight excluding hydrogens is 250 g/mol. The first kappa shape index (κ1) is 13.5. The standard InChI is InChI=1S/C11H17N5O3/c1-11(2)7(4-8(11)17)14-9-6(16(18)19)5-13-10(12-3)15-9/h5,7-8,17H,4H2,1-3H3,(H2,12,13,14,15). The van der Waals surface area contributed by atoms with Gasteiger partial charge in [0.05, 0.1) is 11.0 Å². The van der Waals surface area contributed by atoms with Crippen LogP contribution in [-0.2, 0) is 0 Å². The van der Waals surface area contributed by atoms with E-state index in [2.05, 4.69) is 20.6 Å². The summed E-state index contributed by atoms with van der Waals surface area (Å²) in [5.41, 5.74) is -0.505. The number of aromatic nitrogens is 2. The minimum atomic E-state index is -0.524. The van der Waals surface area contributed by atoms with Crippen molar-refractivity contribution in [3.63, 3.8) is 0 Å². The number of nitrogens with zero attached hydrogens (tertiary/aromatic N) is 3. The first-order valence-electron chi connectivity index (χ1n) is 6.00. The van der Waals surface area contributed by atoms with E-state index in [1.165, 1.54) is 6.20 Å². The summed E-state index contributed by atoms with van der Waals surface area (Å²) in [7, 11) is 1.64. The topological polar surface area (TPSA) is 113 Å². The Morgan fingerprint density at radius 1 is 1.58 bits per heavy atom. The molecule has 0 aromatic carbocycles. The second-order valence-electron chi connectivity index (χ2n) is 5.20. The van der Waals surface area contributed by atoms with Gasteiger partial charge in [-0.25, -0.2) is 4.98 Å². The van der Waals surface area contributed by atoms with Gasteiger partial charge in [0.1, 0.15) is 6.20 Å². The van der Waals surface area contributed by atoms with E-state index in [4.69, 9.17) is 0 Å². The minimum Gasteiger partial charge on any atom is -0.392 e. The molecule has 0 radical (unpaired) electrons. The Kier molecular flexibility index (Phi) is 3.27. The molecule has 8 nitrogen and oxygen atoms in total. The number of aliphatic hydroxyl groups excluding tert-OH is 1. The van der Waals surface area contributed by atoms with Gasteiger partial charge in [0.25, 0.3) is 0 Å². The third-order valence-electron chi connectivity index (χ3n) is 3.72. The smallest absolute Gasteiger partial charge is 0.329 e. The average Bonchev–Trinajstić information content (AvgIpc) is 2.38. The molecule has 3 N–H and O–H groups in total. The molecule has 8 heteroatoms. The zero-order valence-electron chi connectivity index (χ0n) is 11.0. The van der Waals surface area contributed by atoms with E-state index in [0.29, 0.717) is 12.4 Å². The van der Waals surface area contributed by atoms with Crippen LogP contribution in [0.1, 0.15) is 20.3 Å². The summed E-state index contributed by atoms with van der Waals surface area (Å²) in [5, 5.41) is 26.4. The summed E-state index contributed by atoms with van der Waals surface area (Å²) in [6, 6.07) is -0.0548. The number of hydrogen-bond donors (Lipinski definition) is 3. The van der Waals surface area contributed by atoms with Crippen LogP contribution in [0.3, 0.4) is 0 Å². The van der Waals surface area contributed by atoms with E-state index in [1.807, 2.05) is 13.8 Å². The Morgan fingerprint density at radius 3 is 2.74 bits per heavy atom. The van der Waals surface area contributed by atoms with Gasteiger partial charge in [0, 0.05) is 18.5 Å². The van der Waals surface area contributed by atoms with Crippen LogP contribution in [0.5, 0.6) is 0 Å². The summed E-state index contributed by atoms with van der Waals surface area (Å²) >= 11 is 0. The van der Waals surface area contributed by atoms with Crippen LogP contribution in [0, 0.1) is 15.5 Å². The Morgan fingerprint density at radius 2 is 2.26 bits per heavy atom. The molecule has 0 bridgehead atoms. The molecule has 0 spiro atoms. The third kappa shape index (κ3) is 2.30. The number of hydrogen-bond acceptors (Lipinski definition) is 7. The molecule has 2 unspecified atom stereocenters. The van der Waals surface area contributed by atoms with Crippen LogP contribution in [0.4, 0.5) is 17.5 Å². The molecule has 1 aliphatic carbocycles. The summed E-state index contributed by atoms with van der Waals surface area (Å²) in [4.78, 5) is 18.3. The number of nitro groups is 1. The van der Waals surface area contributed by atoms with Gasteiger partial charge >= 0.3 is 5.69 Å². The number of anilines is 2. The van der Waals surface area contributed by atoms with Gasteiger partial charge in [-0.1, -0.05) is 13.8 Å². The molecule has 1 aliphatic rings. The van der Waals surface area contributed by atoms with Gasteiger partial charge in [-0.05, 0) is 6.42 Å². The molecule has 0 saturated heterocycles. The maximum Gasteiger partial charge on any atom is 0.329 e. The quantitative estimate of drug-likeness (QED) is 0.550. The fourth-order valence-corrected chi connectivity index (χ4v) is 2.05. The molecule has 0 amide bonds. The van der Waals surface area contributed by atoms with Crippen LogP contribution in [0.15, 0.2) is 6.20 Å². The highest BCUT2D eigenvalue weighted by molar-refractivity contribution is 5.58. The summed E-state index contributed by atoms with van der Waals surface area (Å²) in [6.07, 6.45) is 1.31. The molecular formula is C11H17N5O3. The van der Waals surface area contributed by atoms with Crippen molar-refractivity contribution in [3.05, 3.63) is 16.3 Å². The van der Waals surface area contributed by atoms with Crippen molar-refractivity contribution in [1.82, 2.24) is 9.97 Å². The maximum atomic E-state index is 11.0. The fraction of sp³-hybridized carbons (Fsp3) is 0.636. The summed E-state index contributed by atoms with van der Waals surface area (Å²) in [6.45, 7) is 3.82. The van der Waals surface area contributed by atoms with Crippen molar-refractivity contribution >= 4 is 17.5 Å². The van der Waals surface area contributed by atoms with E-state index in [1.54, 1.807) is 7.05 Å². The highest BCUT2D eigenvalue weighted by Crippen LogP contribution is 2.42. The van der Waals surface area contributed by atoms with Gasteiger partial charge in [0.15, 0.2) is 0 Å². The molecule has 1 heterocycles. The zero-order chi connectivity index (χ0) is 14.2. The number of nitrogens with one attached hydrogen (secondary N) is 2. The van der Waals surface area contributed by atoms with Crippen LogP contribution < -0.4 is 10.6 Å². The van der Waals surface area contributed by atoms with Gasteiger partial charge in [-0.3, -0.25) is 10.1 Å². The molecule has 104 valence electrons. The Hall–Kier alpha value is -1.96. The molecule has 1 fully saturated rings. The van der Waals surface area contributed by atoms with E-state index >= 15 is 0 Å². The maximum absolute atomic E-state index is 11.0. The van der Waals surface area contributed by atoms with Crippen LogP contribution in [0.25, 0.3) is 0 Å². The molecule has 2 atom stereocenters. The zero-order valence-corrected chi connectivity index (χ0v) is 11.0. The van der Waals surface area contributed by atoms with E-state index in [9.17, 15) is 15.2 Å². The lowest BCUT2D eigenvalue weighted by Gasteiger charge is -2.49.